The van der Waals surface area contributed by atoms with Gasteiger partial charge in [-0.3, -0.25) is 4.79 Å². The molecule has 0 fully saturated rings. The van der Waals surface area contributed by atoms with Gasteiger partial charge < -0.3 is 10.1 Å². The molecule has 19 heavy (non-hydrogen) atoms. The van der Waals surface area contributed by atoms with E-state index in [1.165, 1.54) is 18.0 Å². The zero-order valence-corrected chi connectivity index (χ0v) is 10.2. The molecule has 7 nitrogen and oxygen atoms in total. The number of carbonyl (C=O) groups is 1. The van der Waals surface area contributed by atoms with Crippen LogP contribution in [0.1, 0.15) is 5.56 Å². The van der Waals surface area contributed by atoms with Crippen LogP contribution >= 0.6 is 0 Å². The minimum absolute atomic E-state index is 0.0989. The fraction of sp³-hybridized carbons (Fsp3) is 0.167. The van der Waals surface area contributed by atoms with Crippen LogP contribution in [0.2, 0.25) is 0 Å². The highest BCUT2D eigenvalue weighted by Crippen LogP contribution is 2.17. The topological polar surface area (TPSA) is 92.8 Å². The first kappa shape index (κ1) is 12.7. The summed E-state index contributed by atoms with van der Waals surface area (Å²) in [6, 6.07) is 7.24. The van der Waals surface area contributed by atoms with Crippen molar-refractivity contribution < 1.29 is 9.53 Å². The number of rotatable bonds is 4. The van der Waals surface area contributed by atoms with E-state index < -0.39 is 0 Å². The van der Waals surface area contributed by atoms with Crippen molar-refractivity contribution in [3.8, 4) is 11.9 Å². The summed E-state index contributed by atoms with van der Waals surface area (Å²) in [5.41, 5.74) is 0.259. The van der Waals surface area contributed by atoms with Gasteiger partial charge in [-0.05, 0) is 12.1 Å². The van der Waals surface area contributed by atoms with Crippen molar-refractivity contribution in [3.05, 3.63) is 36.2 Å². The number of ether oxygens (including phenoxy) is 1. The molecule has 0 saturated carbocycles. The summed E-state index contributed by atoms with van der Waals surface area (Å²) in [4.78, 5) is 15.7. The molecule has 0 spiro atoms. The smallest absolute Gasteiger partial charge is 0.251 e. The highest BCUT2D eigenvalue weighted by molar-refractivity contribution is 5.92. The lowest BCUT2D eigenvalue weighted by molar-refractivity contribution is -0.119. The fourth-order valence-corrected chi connectivity index (χ4v) is 1.50. The van der Waals surface area contributed by atoms with Crippen LogP contribution in [0.25, 0.3) is 5.82 Å². The van der Waals surface area contributed by atoms with Gasteiger partial charge in [-0.1, -0.05) is 6.07 Å². The number of amides is 1. The second-order valence-electron chi connectivity index (χ2n) is 3.60. The normalized spacial score (nSPS) is 9.89. The van der Waals surface area contributed by atoms with Crippen LogP contribution in [0, 0.1) is 11.3 Å². The molecule has 0 unspecified atom stereocenters. The molecule has 2 rings (SSSR count). The summed E-state index contributed by atoms with van der Waals surface area (Å²) < 4.78 is 6.13. The first-order valence-corrected chi connectivity index (χ1v) is 5.44. The van der Waals surface area contributed by atoms with Gasteiger partial charge in [0, 0.05) is 13.3 Å². The van der Waals surface area contributed by atoms with E-state index in [0.717, 1.165) is 0 Å². The zero-order chi connectivity index (χ0) is 13.7. The number of hydrogen-bond acceptors (Lipinski definition) is 5. The maximum Gasteiger partial charge on any atom is 0.251 e. The molecule has 0 aliphatic heterocycles. The number of nitriles is 1. The minimum Gasteiger partial charge on any atom is -0.375 e. The molecule has 0 aliphatic rings. The molecule has 0 aromatic carbocycles. The van der Waals surface area contributed by atoms with E-state index in [2.05, 4.69) is 15.4 Å². The molecule has 0 aliphatic carbocycles. The average molecular weight is 257 g/mol. The number of aromatic nitrogens is 3. The Morgan fingerprint density at radius 3 is 3.05 bits per heavy atom. The monoisotopic (exact) mass is 257 g/mol. The summed E-state index contributed by atoms with van der Waals surface area (Å²) in [7, 11) is 1.42. The quantitative estimate of drug-likeness (QED) is 0.871. The Balaban J connectivity index is 2.38. The molecular weight excluding hydrogens is 246 g/mol. The molecule has 1 N–H and O–H groups in total. The zero-order valence-electron chi connectivity index (χ0n) is 10.2. The van der Waals surface area contributed by atoms with Gasteiger partial charge in [-0.2, -0.15) is 15.0 Å². The summed E-state index contributed by atoms with van der Waals surface area (Å²) in [5.74, 6) is 0.427. The van der Waals surface area contributed by atoms with Crippen molar-refractivity contribution in [1.29, 1.82) is 5.26 Å². The lowest BCUT2D eigenvalue weighted by Crippen LogP contribution is -2.20. The predicted molar refractivity (Wildman–Crippen MR) is 66.6 cm³/mol. The van der Waals surface area contributed by atoms with Gasteiger partial charge in [-0.25, -0.2) is 4.98 Å². The Kier molecular flexibility index (Phi) is 3.85. The van der Waals surface area contributed by atoms with Crippen molar-refractivity contribution in [1.82, 2.24) is 14.8 Å². The molecule has 1 amide bonds. The third-order valence-electron chi connectivity index (χ3n) is 2.29. The Hall–Kier alpha value is -2.72. The Morgan fingerprint density at radius 2 is 2.42 bits per heavy atom. The molecule has 7 heteroatoms. The molecule has 0 atom stereocenters. The lowest BCUT2D eigenvalue weighted by Gasteiger charge is -2.08. The van der Waals surface area contributed by atoms with Crippen molar-refractivity contribution in [2.45, 2.75) is 0 Å². The largest absolute Gasteiger partial charge is 0.375 e. The molecule has 0 radical (unpaired) electrons. The summed E-state index contributed by atoms with van der Waals surface area (Å²) in [5, 5.41) is 15.6. The van der Waals surface area contributed by atoms with Crippen LogP contribution < -0.4 is 5.32 Å². The van der Waals surface area contributed by atoms with Gasteiger partial charge in [-0.15, -0.1) is 0 Å². The first-order valence-electron chi connectivity index (χ1n) is 5.44. The second kappa shape index (κ2) is 5.75. The van der Waals surface area contributed by atoms with Crippen LogP contribution in [-0.4, -0.2) is 34.4 Å². The molecular formula is C12H11N5O2. The van der Waals surface area contributed by atoms with Crippen LogP contribution in [-0.2, 0) is 9.53 Å². The van der Waals surface area contributed by atoms with Crippen LogP contribution in [0.15, 0.2) is 30.6 Å². The van der Waals surface area contributed by atoms with Gasteiger partial charge >= 0.3 is 0 Å². The van der Waals surface area contributed by atoms with E-state index in [-0.39, 0.29) is 23.9 Å². The van der Waals surface area contributed by atoms with E-state index in [0.29, 0.717) is 5.82 Å². The average Bonchev–Trinajstić information content (AvgIpc) is 2.82. The third kappa shape index (κ3) is 2.75. The van der Waals surface area contributed by atoms with Crippen LogP contribution in [0.5, 0.6) is 0 Å². The highest BCUT2D eigenvalue weighted by Gasteiger charge is 2.15. The Bertz CT molecular complexity index is 615. The van der Waals surface area contributed by atoms with Gasteiger partial charge in [0.05, 0.1) is 6.20 Å². The summed E-state index contributed by atoms with van der Waals surface area (Å²) in [6.07, 6.45) is 2.97. The van der Waals surface area contributed by atoms with E-state index in [1.54, 1.807) is 24.4 Å². The molecule has 0 saturated heterocycles. The number of anilines is 1. The fourth-order valence-electron chi connectivity index (χ4n) is 1.50. The Morgan fingerprint density at radius 1 is 1.58 bits per heavy atom. The number of hydrogen-bond donors (Lipinski definition) is 1. The van der Waals surface area contributed by atoms with Crippen molar-refractivity contribution >= 4 is 11.7 Å². The number of nitrogens with one attached hydrogen (secondary N) is 1. The van der Waals surface area contributed by atoms with E-state index in [9.17, 15) is 4.79 Å². The lowest BCUT2D eigenvalue weighted by atomic mass is 10.3. The van der Waals surface area contributed by atoms with Crippen molar-refractivity contribution in [3.63, 3.8) is 0 Å². The highest BCUT2D eigenvalue weighted by atomic mass is 16.5. The van der Waals surface area contributed by atoms with Gasteiger partial charge in [0.2, 0.25) is 0 Å². The van der Waals surface area contributed by atoms with Crippen molar-refractivity contribution in [2.75, 3.05) is 19.0 Å². The molecule has 2 heterocycles. The van der Waals surface area contributed by atoms with Crippen LogP contribution in [0.3, 0.4) is 0 Å². The maximum atomic E-state index is 11.6. The number of pyridine rings is 1. The number of carbonyl (C=O) groups excluding carboxylic acids is 1. The van der Waals surface area contributed by atoms with E-state index >= 15 is 0 Å². The predicted octanol–water partition coefficient (Wildman–Crippen LogP) is 0.724. The number of nitrogens with zero attached hydrogens (tertiary/aromatic N) is 4. The van der Waals surface area contributed by atoms with Crippen molar-refractivity contribution in [2.24, 2.45) is 0 Å². The molecule has 2 aromatic heterocycles. The maximum absolute atomic E-state index is 11.6. The van der Waals surface area contributed by atoms with E-state index in [1.807, 2.05) is 6.07 Å². The van der Waals surface area contributed by atoms with Gasteiger partial charge in [0.15, 0.2) is 11.6 Å². The SMILES string of the molecule is COCC(=O)Nc1c(C#N)cnn1-c1ccccn1. The third-order valence-corrected chi connectivity index (χ3v) is 2.29. The van der Waals surface area contributed by atoms with E-state index in [4.69, 9.17) is 10.00 Å². The first-order chi connectivity index (χ1) is 9.26. The summed E-state index contributed by atoms with van der Waals surface area (Å²) in [6.45, 7) is -0.0989. The molecule has 2 aromatic rings. The standard InChI is InChI=1S/C12H11N5O2/c1-19-8-11(18)16-12-9(6-13)7-15-17(12)10-4-2-3-5-14-10/h2-5,7H,8H2,1H3,(H,16,18). The second-order valence-corrected chi connectivity index (χ2v) is 3.60. The van der Waals surface area contributed by atoms with Crippen LogP contribution in [0.4, 0.5) is 5.82 Å². The Labute approximate surface area is 109 Å². The minimum atomic E-state index is -0.364. The van der Waals surface area contributed by atoms with Gasteiger partial charge in [0.25, 0.3) is 5.91 Å². The molecule has 96 valence electrons. The number of methoxy groups -OCH3 is 1. The summed E-state index contributed by atoms with van der Waals surface area (Å²) >= 11 is 0. The molecule has 0 bridgehead atoms. The van der Waals surface area contributed by atoms with Gasteiger partial charge in [0.1, 0.15) is 18.2 Å².